The number of amidine groups is 1. The van der Waals surface area contributed by atoms with Gasteiger partial charge in [-0.05, 0) is 38.5 Å². The summed E-state index contributed by atoms with van der Waals surface area (Å²) in [6.45, 7) is 3.27. The summed E-state index contributed by atoms with van der Waals surface area (Å²) in [7, 11) is 0. The van der Waals surface area contributed by atoms with Crippen LogP contribution in [0.2, 0.25) is 0 Å². The second-order valence-electron chi connectivity index (χ2n) is 8.12. The summed E-state index contributed by atoms with van der Waals surface area (Å²) in [5.74, 6) is -1.75. The van der Waals surface area contributed by atoms with Gasteiger partial charge in [0.25, 0.3) is 0 Å². The smallest absolute Gasteiger partial charge is 0.164 e. The summed E-state index contributed by atoms with van der Waals surface area (Å²) in [6.07, 6.45) is 3.21. The minimum Gasteiger partial charge on any atom is -0.395 e. The predicted molar refractivity (Wildman–Crippen MR) is 121 cm³/mol. The molecular weight excluding hydrogens is 434 g/mol. The lowest BCUT2D eigenvalue weighted by molar-refractivity contribution is 0.224. The maximum atomic E-state index is 14.9. The Hall–Kier alpha value is -3.29. The van der Waals surface area contributed by atoms with E-state index in [1.807, 2.05) is 6.07 Å². The third kappa shape index (κ3) is 3.97. The maximum absolute atomic E-state index is 14.9. The van der Waals surface area contributed by atoms with Gasteiger partial charge in [-0.2, -0.15) is 5.26 Å². The number of aliphatic imine (C=N–C) groups is 1. The second-order valence-corrected chi connectivity index (χ2v) is 9.73. The van der Waals surface area contributed by atoms with Crippen LogP contribution in [0.1, 0.15) is 31.4 Å². The zero-order valence-electron chi connectivity index (χ0n) is 17.4. The van der Waals surface area contributed by atoms with Crippen molar-refractivity contribution in [2.45, 2.75) is 30.6 Å². The molecule has 4 rings (SSSR count). The highest BCUT2D eigenvalue weighted by molar-refractivity contribution is 8.15. The summed E-state index contributed by atoms with van der Waals surface area (Å²) in [6, 6.07) is 7.90. The number of hydrogen-bond donors (Lipinski definition) is 3. The number of nitriles is 1. The van der Waals surface area contributed by atoms with Crippen molar-refractivity contribution < 1.29 is 13.9 Å². The van der Waals surface area contributed by atoms with Gasteiger partial charge in [-0.1, -0.05) is 11.8 Å². The van der Waals surface area contributed by atoms with E-state index in [-0.39, 0.29) is 29.4 Å². The molecule has 0 saturated carbocycles. The number of nitrogens with one attached hydrogen (secondary N) is 1. The maximum Gasteiger partial charge on any atom is 0.164 e. The highest BCUT2D eigenvalue weighted by Gasteiger charge is 2.43. The van der Waals surface area contributed by atoms with Crippen molar-refractivity contribution in [1.29, 1.82) is 5.26 Å². The van der Waals surface area contributed by atoms with E-state index in [4.69, 9.17) is 11.0 Å². The van der Waals surface area contributed by atoms with Crippen molar-refractivity contribution in [3.63, 3.8) is 0 Å². The zero-order chi connectivity index (χ0) is 23.1. The van der Waals surface area contributed by atoms with Gasteiger partial charge in [0, 0.05) is 39.8 Å². The van der Waals surface area contributed by atoms with E-state index in [9.17, 15) is 13.9 Å². The molecule has 3 aromatic rings. The highest BCUT2D eigenvalue weighted by atomic mass is 32.2. The molecule has 10 heteroatoms. The average Bonchev–Trinajstić information content (AvgIpc) is 2.75. The predicted octanol–water partition coefficient (Wildman–Crippen LogP) is 3.94. The van der Waals surface area contributed by atoms with Gasteiger partial charge in [0.05, 0.1) is 17.7 Å². The van der Waals surface area contributed by atoms with Crippen LogP contribution in [0, 0.1) is 23.0 Å². The third-order valence-corrected chi connectivity index (χ3v) is 6.43. The Morgan fingerprint density at radius 1 is 1.28 bits per heavy atom. The molecule has 3 heterocycles. The number of halogens is 2. The van der Waals surface area contributed by atoms with Crippen molar-refractivity contribution in [2.75, 3.05) is 11.9 Å². The molecule has 0 amide bonds. The summed E-state index contributed by atoms with van der Waals surface area (Å²) in [4.78, 5) is 12.9. The lowest BCUT2D eigenvalue weighted by atomic mass is 9.83. The van der Waals surface area contributed by atoms with Gasteiger partial charge in [0.2, 0.25) is 0 Å². The Morgan fingerprint density at radius 3 is 2.78 bits per heavy atom. The van der Waals surface area contributed by atoms with Crippen LogP contribution in [-0.2, 0) is 5.54 Å². The normalized spacial score (nSPS) is 22.9. The third-order valence-electron chi connectivity index (χ3n) is 5.36. The Kier molecular flexibility index (Phi) is 5.48. The first-order valence-corrected chi connectivity index (χ1v) is 10.5. The van der Waals surface area contributed by atoms with E-state index in [0.717, 1.165) is 6.07 Å². The number of thioether (sulfide) groups is 1. The van der Waals surface area contributed by atoms with Crippen LogP contribution >= 0.6 is 11.8 Å². The average molecular weight is 455 g/mol. The first-order valence-electron chi connectivity index (χ1n) is 9.73. The fourth-order valence-electron chi connectivity index (χ4n) is 3.97. The van der Waals surface area contributed by atoms with Crippen molar-refractivity contribution in [3.8, 4) is 6.07 Å². The SMILES string of the molecule is C[C@]1(CO)C[C@@](C)(c2cc(Nc3nccc4cc(C#N)cnc34)cc(F)c2F)N=C(N)S1. The van der Waals surface area contributed by atoms with Crippen molar-refractivity contribution in [3.05, 3.63) is 59.4 Å². The van der Waals surface area contributed by atoms with E-state index in [2.05, 4.69) is 20.3 Å². The van der Waals surface area contributed by atoms with Gasteiger partial charge in [-0.15, -0.1) is 0 Å². The molecule has 0 radical (unpaired) electrons. The van der Waals surface area contributed by atoms with Gasteiger partial charge in [0.15, 0.2) is 22.6 Å². The highest BCUT2D eigenvalue weighted by Crippen LogP contribution is 2.46. The number of fused-ring (bicyclic) bond motifs is 1. The lowest BCUT2D eigenvalue weighted by Gasteiger charge is -2.40. The molecular formula is C22H20F2N6OS. The standard InChI is InChI=1S/C22H20F2N6OS/c1-21(11-31)10-22(2,30-20(26)32-21)15-6-14(7-16(23)17(15)24)29-19-18-13(3-4-27-19)5-12(8-25)9-28-18/h3-7,9,31H,10-11H2,1-2H3,(H2,26,30)(H,27,29)/t21-,22+/m1/s1. The first-order chi connectivity index (χ1) is 15.2. The van der Waals surface area contributed by atoms with Gasteiger partial charge >= 0.3 is 0 Å². The minimum absolute atomic E-state index is 0.0166. The molecule has 32 heavy (non-hydrogen) atoms. The van der Waals surface area contributed by atoms with Gasteiger partial charge < -0.3 is 16.2 Å². The van der Waals surface area contributed by atoms with Crippen LogP contribution in [0.5, 0.6) is 0 Å². The van der Waals surface area contributed by atoms with Crippen LogP contribution < -0.4 is 11.1 Å². The van der Waals surface area contributed by atoms with Crippen molar-refractivity contribution in [1.82, 2.24) is 9.97 Å². The summed E-state index contributed by atoms with van der Waals surface area (Å²) in [5, 5.41) is 22.8. The van der Waals surface area contributed by atoms with Crippen LogP contribution in [0.3, 0.4) is 0 Å². The van der Waals surface area contributed by atoms with Crippen LogP contribution in [0.25, 0.3) is 10.9 Å². The number of aromatic nitrogens is 2. The minimum atomic E-state index is -1.18. The number of nitrogens with two attached hydrogens (primary N) is 1. The molecule has 2 aromatic heterocycles. The number of benzene rings is 1. The Bertz CT molecular complexity index is 1290. The first kappa shape index (κ1) is 21.9. The molecule has 0 spiro atoms. The van der Waals surface area contributed by atoms with E-state index in [1.165, 1.54) is 30.2 Å². The Balaban J connectivity index is 1.78. The van der Waals surface area contributed by atoms with Crippen molar-refractivity contribution >= 4 is 39.3 Å². The van der Waals surface area contributed by atoms with Gasteiger partial charge in [-0.25, -0.2) is 13.8 Å². The van der Waals surface area contributed by atoms with Crippen molar-refractivity contribution in [2.24, 2.45) is 10.7 Å². The number of hydrogen-bond acceptors (Lipinski definition) is 8. The Morgan fingerprint density at radius 2 is 2.06 bits per heavy atom. The summed E-state index contributed by atoms with van der Waals surface area (Å²) in [5.41, 5.74) is 5.93. The largest absolute Gasteiger partial charge is 0.395 e. The lowest BCUT2D eigenvalue weighted by Crippen LogP contribution is -2.42. The van der Waals surface area contributed by atoms with Crippen LogP contribution in [-0.4, -0.2) is 31.6 Å². The number of anilines is 2. The fraction of sp³-hybridized carbons (Fsp3) is 0.273. The topological polar surface area (TPSA) is 120 Å². The van der Waals surface area contributed by atoms with Crippen LogP contribution in [0.15, 0.2) is 41.7 Å². The summed E-state index contributed by atoms with van der Waals surface area (Å²) < 4.78 is 28.9. The molecule has 0 saturated heterocycles. The molecule has 0 fully saturated rings. The molecule has 7 nitrogen and oxygen atoms in total. The van der Waals surface area contributed by atoms with E-state index >= 15 is 0 Å². The van der Waals surface area contributed by atoms with E-state index < -0.39 is 21.9 Å². The number of aliphatic hydroxyl groups excluding tert-OH is 1. The zero-order valence-corrected chi connectivity index (χ0v) is 18.2. The molecule has 0 aliphatic carbocycles. The molecule has 4 N–H and O–H groups in total. The molecule has 2 atom stereocenters. The monoisotopic (exact) mass is 454 g/mol. The van der Waals surface area contributed by atoms with Crippen LogP contribution in [0.4, 0.5) is 20.3 Å². The number of aliphatic hydroxyl groups is 1. The number of nitrogens with zero attached hydrogens (tertiary/aromatic N) is 4. The fourth-order valence-corrected chi connectivity index (χ4v) is 5.14. The molecule has 1 aromatic carbocycles. The van der Waals surface area contributed by atoms with E-state index in [1.54, 1.807) is 26.0 Å². The molecule has 0 bridgehead atoms. The number of rotatable bonds is 4. The quantitative estimate of drug-likeness (QED) is 0.546. The second kappa shape index (κ2) is 8.00. The van der Waals surface area contributed by atoms with Gasteiger partial charge in [-0.3, -0.25) is 9.98 Å². The van der Waals surface area contributed by atoms with E-state index in [0.29, 0.717) is 22.3 Å². The summed E-state index contributed by atoms with van der Waals surface area (Å²) >= 11 is 1.21. The molecule has 0 unspecified atom stereocenters. The number of pyridine rings is 2. The molecule has 164 valence electrons. The molecule has 1 aliphatic heterocycles. The van der Waals surface area contributed by atoms with Gasteiger partial charge in [0.1, 0.15) is 11.6 Å². The molecule has 1 aliphatic rings. The Labute approximate surface area is 187 Å².